The molecule has 0 aliphatic carbocycles. The highest BCUT2D eigenvalue weighted by Gasteiger charge is 2.23. The first kappa shape index (κ1) is 17.2. The van der Waals surface area contributed by atoms with Gasteiger partial charge in [-0.05, 0) is 17.7 Å². The van der Waals surface area contributed by atoms with Crippen LogP contribution in [0.5, 0.6) is 0 Å². The average molecular weight is 327 g/mol. The van der Waals surface area contributed by atoms with Crippen LogP contribution in [0.15, 0.2) is 60.7 Å². The molecule has 0 heterocycles. The largest absolute Gasteiger partial charge is 0.478 e. The molecule has 0 spiro atoms. The highest BCUT2D eigenvalue weighted by Crippen LogP contribution is 2.07. The van der Waals surface area contributed by atoms with E-state index in [0.717, 1.165) is 5.56 Å². The lowest BCUT2D eigenvalue weighted by atomic mass is 10.1. The molecule has 0 saturated carbocycles. The van der Waals surface area contributed by atoms with E-state index in [4.69, 9.17) is 4.74 Å². The Kier molecular flexibility index (Phi) is 6.08. The fraction of sp³-hybridized carbons (Fsp3) is 0.167. The summed E-state index contributed by atoms with van der Waals surface area (Å²) in [6, 6.07) is 17.2. The topological polar surface area (TPSA) is 92.7 Å². The number of carbonyl (C=O) groups is 3. The second-order valence-corrected chi connectivity index (χ2v) is 5.06. The van der Waals surface area contributed by atoms with E-state index >= 15 is 0 Å². The van der Waals surface area contributed by atoms with Crippen molar-refractivity contribution in [3.8, 4) is 0 Å². The van der Waals surface area contributed by atoms with Gasteiger partial charge in [-0.3, -0.25) is 9.59 Å². The number of benzene rings is 2. The van der Waals surface area contributed by atoms with Gasteiger partial charge in [-0.1, -0.05) is 48.5 Å². The molecule has 0 saturated heterocycles. The molecule has 0 fully saturated rings. The number of rotatable bonds is 7. The van der Waals surface area contributed by atoms with Gasteiger partial charge in [0.15, 0.2) is 0 Å². The maximum absolute atomic E-state index is 11.8. The Balaban J connectivity index is 1.87. The van der Waals surface area contributed by atoms with Crippen LogP contribution in [0.25, 0.3) is 0 Å². The molecule has 0 aromatic heterocycles. The van der Waals surface area contributed by atoms with Crippen LogP contribution in [0.4, 0.5) is 0 Å². The molecule has 1 amide bonds. The number of carbonyl (C=O) groups excluding carboxylic acids is 2. The molecule has 0 aliphatic rings. The SMILES string of the molecule is O=C(CNC(=O)c1ccccc1)O[C@@H](Cc1ccccc1)C(=O)O. The fourth-order valence-electron chi connectivity index (χ4n) is 2.05. The van der Waals surface area contributed by atoms with Crippen LogP contribution in [0, 0.1) is 0 Å². The smallest absolute Gasteiger partial charge is 0.345 e. The fourth-order valence-corrected chi connectivity index (χ4v) is 2.05. The van der Waals surface area contributed by atoms with Crippen molar-refractivity contribution in [2.45, 2.75) is 12.5 Å². The molecule has 0 unspecified atom stereocenters. The van der Waals surface area contributed by atoms with E-state index < -0.39 is 30.5 Å². The second-order valence-electron chi connectivity index (χ2n) is 5.06. The van der Waals surface area contributed by atoms with E-state index in [2.05, 4.69) is 5.32 Å². The van der Waals surface area contributed by atoms with Gasteiger partial charge in [0.1, 0.15) is 6.54 Å². The van der Waals surface area contributed by atoms with Crippen molar-refractivity contribution in [1.82, 2.24) is 5.32 Å². The van der Waals surface area contributed by atoms with Crippen molar-refractivity contribution in [1.29, 1.82) is 0 Å². The molecule has 6 heteroatoms. The number of hydrogen-bond donors (Lipinski definition) is 2. The lowest BCUT2D eigenvalue weighted by Gasteiger charge is -2.14. The zero-order valence-electron chi connectivity index (χ0n) is 12.8. The van der Waals surface area contributed by atoms with E-state index in [1.807, 2.05) is 6.07 Å². The first-order valence-electron chi connectivity index (χ1n) is 7.35. The summed E-state index contributed by atoms with van der Waals surface area (Å²) >= 11 is 0. The van der Waals surface area contributed by atoms with Crippen LogP contribution >= 0.6 is 0 Å². The Bertz CT molecular complexity index is 700. The number of carboxylic acids is 1. The van der Waals surface area contributed by atoms with Crippen molar-refractivity contribution >= 4 is 17.8 Å². The first-order chi connectivity index (χ1) is 11.6. The molecule has 0 radical (unpaired) electrons. The van der Waals surface area contributed by atoms with Gasteiger partial charge in [-0.15, -0.1) is 0 Å². The van der Waals surface area contributed by atoms with Crippen molar-refractivity contribution < 1.29 is 24.2 Å². The van der Waals surface area contributed by atoms with Gasteiger partial charge in [0, 0.05) is 12.0 Å². The lowest BCUT2D eigenvalue weighted by Crippen LogP contribution is -2.36. The highest BCUT2D eigenvalue weighted by molar-refractivity contribution is 5.96. The van der Waals surface area contributed by atoms with Crippen LogP contribution in [-0.2, 0) is 20.7 Å². The van der Waals surface area contributed by atoms with E-state index in [1.165, 1.54) is 0 Å². The summed E-state index contributed by atoms with van der Waals surface area (Å²) < 4.78 is 4.95. The second kappa shape index (κ2) is 8.47. The van der Waals surface area contributed by atoms with Gasteiger partial charge >= 0.3 is 11.9 Å². The Morgan fingerprint density at radius 1 is 0.958 bits per heavy atom. The van der Waals surface area contributed by atoms with Crippen LogP contribution in [-0.4, -0.2) is 35.6 Å². The van der Waals surface area contributed by atoms with Crippen molar-refractivity contribution in [2.24, 2.45) is 0 Å². The van der Waals surface area contributed by atoms with E-state index in [-0.39, 0.29) is 6.42 Å². The summed E-state index contributed by atoms with van der Waals surface area (Å²) in [5.74, 6) is -2.47. The predicted molar refractivity (Wildman–Crippen MR) is 86.4 cm³/mol. The van der Waals surface area contributed by atoms with Crippen LogP contribution < -0.4 is 5.32 Å². The van der Waals surface area contributed by atoms with Crippen molar-refractivity contribution in [3.05, 3.63) is 71.8 Å². The van der Waals surface area contributed by atoms with Crippen molar-refractivity contribution in [3.63, 3.8) is 0 Å². The molecule has 24 heavy (non-hydrogen) atoms. The summed E-state index contributed by atoms with van der Waals surface area (Å²) in [6.45, 7) is -0.397. The Hall–Kier alpha value is -3.15. The van der Waals surface area contributed by atoms with E-state index in [9.17, 15) is 19.5 Å². The van der Waals surface area contributed by atoms with Gasteiger partial charge in [0.25, 0.3) is 5.91 Å². The van der Waals surface area contributed by atoms with Gasteiger partial charge in [0.2, 0.25) is 6.10 Å². The van der Waals surface area contributed by atoms with Gasteiger partial charge in [-0.25, -0.2) is 4.79 Å². The molecule has 2 N–H and O–H groups in total. The molecular formula is C18H17NO5. The summed E-state index contributed by atoms with van der Waals surface area (Å²) in [6.07, 6.45) is -1.23. The maximum atomic E-state index is 11.8. The lowest BCUT2D eigenvalue weighted by molar-refractivity contribution is -0.163. The Labute approximate surface area is 139 Å². The average Bonchev–Trinajstić information content (AvgIpc) is 2.60. The molecule has 2 rings (SSSR count). The molecule has 2 aromatic carbocycles. The van der Waals surface area contributed by atoms with Crippen LogP contribution in [0.2, 0.25) is 0 Å². The number of amides is 1. The molecule has 0 aliphatic heterocycles. The third-order valence-corrected chi connectivity index (χ3v) is 3.24. The molecule has 6 nitrogen and oxygen atoms in total. The minimum atomic E-state index is -1.30. The number of carboxylic acid groups (broad SMARTS) is 1. The third kappa shape index (κ3) is 5.24. The minimum Gasteiger partial charge on any atom is -0.478 e. The van der Waals surface area contributed by atoms with Crippen LogP contribution in [0.1, 0.15) is 15.9 Å². The molecular weight excluding hydrogens is 310 g/mol. The summed E-state index contributed by atoms with van der Waals surface area (Å²) in [5, 5.41) is 11.6. The zero-order chi connectivity index (χ0) is 17.4. The Morgan fingerprint density at radius 2 is 1.54 bits per heavy atom. The number of aliphatic carboxylic acids is 1. The van der Waals surface area contributed by atoms with Gasteiger partial charge in [-0.2, -0.15) is 0 Å². The maximum Gasteiger partial charge on any atom is 0.345 e. The van der Waals surface area contributed by atoms with Gasteiger partial charge in [0.05, 0.1) is 0 Å². The number of hydrogen-bond acceptors (Lipinski definition) is 4. The van der Waals surface area contributed by atoms with Crippen molar-refractivity contribution in [2.75, 3.05) is 6.54 Å². The van der Waals surface area contributed by atoms with Gasteiger partial charge < -0.3 is 15.2 Å². The monoisotopic (exact) mass is 327 g/mol. The standard InChI is InChI=1S/C18H17NO5/c20-16(12-19-17(21)14-9-5-2-6-10-14)24-15(18(22)23)11-13-7-3-1-4-8-13/h1-10,15H,11-12H2,(H,19,21)(H,22,23)/t15-/m0/s1. The summed E-state index contributed by atoms with van der Waals surface area (Å²) in [5.41, 5.74) is 1.15. The number of esters is 1. The van der Waals surface area contributed by atoms with E-state index in [1.54, 1.807) is 54.6 Å². The van der Waals surface area contributed by atoms with Crippen LogP contribution in [0.3, 0.4) is 0 Å². The Morgan fingerprint density at radius 3 is 2.12 bits per heavy atom. The quantitative estimate of drug-likeness (QED) is 0.755. The highest BCUT2D eigenvalue weighted by atomic mass is 16.6. The summed E-state index contributed by atoms with van der Waals surface area (Å²) in [7, 11) is 0. The predicted octanol–water partition coefficient (Wildman–Crippen LogP) is 1.66. The third-order valence-electron chi connectivity index (χ3n) is 3.24. The van der Waals surface area contributed by atoms with E-state index in [0.29, 0.717) is 5.56 Å². The summed E-state index contributed by atoms with van der Waals surface area (Å²) in [4.78, 5) is 34.8. The first-order valence-corrected chi connectivity index (χ1v) is 7.35. The molecule has 2 aromatic rings. The minimum absolute atomic E-state index is 0.0640. The molecule has 124 valence electrons. The zero-order valence-corrected chi connectivity index (χ0v) is 12.8. The number of nitrogens with one attached hydrogen (secondary N) is 1. The normalized spacial score (nSPS) is 11.3. The molecule has 1 atom stereocenters. The number of ether oxygens (including phenoxy) is 1. The molecule has 0 bridgehead atoms.